The Kier molecular flexibility index (Phi) is 19.6. The summed E-state index contributed by atoms with van der Waals surface area (Å²) in [4.78, 5) is 23.6. The molecule has 0 amide bonds. The number of carbonyl (C=O) groups is 2. The zero-order chi connectivity index (χ0) is 48.4. The van der Waals surface area contributed by atoms with E-state index in [-0.39, 0.29) is 29.6 Å². The van der Waals surface area contributed by atoms with Gasteiger partial charge in [0.1, 0.15) is 23.3 Å². The first-order valence-corrected chi connectivity index (χ1v) is 15.9. The molecule has 0 aliphatic heterocycles. The molecule has 0 aromatic heterocycles. The van der Waals surface area contributed by atoms with Crippen LogP contribution in [0.4, 0.5) is 114 Å². The van der Waals surface area contributed by atoms with Crippen molar-refractivity contribution in [2.75, 3.05) is 39.6 Å². The Hall–Kier alpha value is -2.05. The predicted octanol–water partition coefficient (Wildman–Crippen LogP) is 4.67. The van der Waals surface area contributed by atoms with Gasteiger partial charge < -0.3 is 23.5 Å². The summed E-state index contributed by atoms with van der Waals surface area (Å²) in [5.41, 5.74) is 0. The second-order valence-electron chi connectivity index (χ2n) is 11.3. The van der Waals surface area contributed by atoms with Crippen molar-refractivity contribution < 1.29 is 185 Å². The fraction of sp³-hybridized carbons (Fsp3) is 0.917. The van der Waals surface area contributed by atoms with Crippen LogP contribution in [0.5, 0.6) is 0 Å². The van der Waals surface area contributed by atoms with Crippen LogP contribution in [0.2, 0.25) is 0 Å². The fourth-order valence-electron chi connectivity index (χ4n) is 3.54. The SMILES string of the molecule is O=C(CC(C(=O)OCCOCCC(F)(F)C(F)(F)C(F)(F)C(F)(F)C(F)(F)C(F)(F)F)S(=O)(=O)[O-])OCCOCCC(F)(F)C(F)(F)C(F)(F)C(F)(F)C(F)(F)C(F)(F)F.[Na+]. The minimum absolute atomic E-state index is 0. The second kappa shape index (κ2) is 19.6. The smallest absolute Gasteiger partial charge is 0.747 e. The minimum Gasteiger partial charge on any atom is -0.747 e. The van der Waals surface area contributed by atoms with Crippen molar-refractivity contribution in [1.82, 2.24) is 0 Å². The molecule has 0 aliphatic carbocycles. The zero-order valence-corrected chi connectivity index (χ0v) is 31.7. The van der Waals surface area contributed by atoms with Crippen LogP contribution in [0.25, 0.3) is 0 Å². The average molecular weight is 1000 g/mol. The molecule has 9 nitrogen and oxygen atoms in total. The van der Waals surface area contributed by atoms with Crippen LogP contribution < -0.4 is 29.6 Å². The van der Waals surface area contributed by atoms with Crippen LogP contribution in [-0.2, 0) is 38.7 Å². The van der Waals surface area contributed by atoms with E-state index in [0.29, 0.717) is 0 Å². The van der Waals surface area contributed by atoms with E-state index >= 15 is 0 Å². The first kappa shape index (κ1) is 61.0. The Morgan fingerprint density at radius 2 is 0.705 bits per heavy atom. The van der Waals surface area contributed by atoms with Crippen molar-refractivity contribution in [2.24, 2.45) is 0 Å². The summed E-state index contributed by atoms with van der Waals surface area (Å²) < 4.78 is 390. The number of ether oxygens (including phenoxy) is 4. The molecule has 0 aromatic carbocycles. The first-order chi connectivity index (χ1) is 26.1. The van der Waals surface area contributed by atoms with Gasteiger partial charge in [0.25, 0.3) is 0 Å². The van der Waals surface area contributed by atoms with Gasteiger partial charge in [-0.05, 0) is 0 Å². The Balaban J connectivity index is 0. The maximum Gasteiger partial charge on any atom is 1.00 e. The molecule has 0 saturated carbocycles. The molecule has 0 aromatic rings. The van der Waals surface area contributed by atoms with E-state index in [1.54, 1.807) is 0 Å². The summed E-state index contributed by atoms with van der Waals surface area (Å²) in [6.45, 7) is -9.64. The zero-order valence-electron chi connectivity index (χ0n) is 28.9. The number of esters is 2. The van der Waals surface area contributed by atoms with Gasteiger partial charge in [-0.3, -0.25) is 9.59 Å². The molecule has 0 spiro atoms. The monoisotopic (exact) mass is 1000 g/mol. The number of rotatable bonds is 24. The van der Waals surface area contributed by atoms with Crippen LogP contribution in [-0.4, -0.2) is 141 Å². The number of alkyl halides is 26. The molecule has 0 bridgehead atoms. The Morgan fingerprint density at radius 1 is 0.426 bits per heavy atom. The van der Waals surface area contributed by atoms with Gasteiger partial charge in [0.05, 0.1) is 32.8 Å². The third-order valence-corrected chi connectivity index (χ3v) is 8.10. The van der Waals surface area contributed by atoms with Crippen molar-refractivity contribution in [3.05, 3.63) is 0 Å². The molecule has 358 valence electrons. The van der Waals surface area contributed by atoms with E-state index in [1.165, 1.54) is 0 Å². The van der Waals surface area contributed by atoms with Gasteiger partial charge in [-0.25, -0.2) is 8.42 Å². The van der Waals surface area contributed by atoms with E-state index in [0.717, 1.165) is 0 Å². The molecule has 0 aliphatic rings. The van der Waals surface area contributed by atoms with Crippen LogP contribution in [0.1, 0.15) is 19.3 Å². The topological polar surface area (TPSA) is 128 Å². The number of carbonyl (C=O) groups excluding carboxylic acids is 2. The van der Waals surface area contributed by atoms with Crippen LogP contribution in [0.3, 0.4) is 0 Å². The van der Waals surface area contributed by atoms with Crippen LogP contribution in [0.15, 0.2) is 0 Å². The van der Waals surface area contributed by atoms with E-state index < -0.39 is 158 Å². The predicted molar refractivity (Wildman–Crippen MR) is 132 cm³/mol. The molecule has 0 rings (SSSR count). The van der Waals surface area contributed by atoms with Crippen LogP contribution in [0, 0.1) is 0 Å². The molecule has 0 radical (unpaired) electrons. The van der Waals surface area contributed by atoms with E-state index in [4.69, 9.17) is 0 Å². The molecule has 61 heavy (non-hydrogen) atoms. The van der Waals surface area contributed by atoms with Gasteiger partial charge in [0.15, 0.2) is 5.25 Å². The van der Waals surface area contributed by atoms with Gasteiger partial charge in [-0.15, -0.1) is 0 Å². The number of hydrogen-bond acceptors (Lipinski definition) is 9. The van der Waals surface area contributed by atoms with Crippen LogP contribution >= 0.6 is 0 Å². The third kappa shape index (κ3) is 12.2. The molecule has 0 fully saturated rings. The van der Waals surface area contributed by atoms with Gasteiger partial charge in [0, 0.05) is 12.8 Å². The fourth-order valence-corrected chi connectivity index (χ4v) is 4.19. The largest absolute Gasteiger partial charge is 1.00 e. The number of hydrogen-bond donors (Lipinski definition) is 0. The van der Waals surface area contributed by atoms with Gasteiger partial charge >= 0.3 is 113 Å². The maximum atomic E-state index is 13.7. The molecule has 0 N–H and O–H groups in total. The molecule has 37 heteroatoms. The van der Waals surface area contributed by atoms with Gasteiger partial charge in [-0.2, -0.15) is 114 Å². The Bertz CT molecular complexity index is 1580. The summed E-state index contributed by atoms with van der Waals surface area (Å²) in [7, 11) is -6.01. The number of halogens is 26. The first-order valence-electron chi connectivity index (χ1n) is 14.5. The van der Waals surface area contributed by atoms with E-state index in [2.05, 4.69) is 18.9 Å². The summed E-state index contributed by atoms with van der Waals surface area (Å²) in [5, 5.41) is -3.17. The summed E-state index contributed by atoms with van der Waals surface area (Å²) in [6, 6.07) is 0. The van der Waals surface area contributed by atoms with E-state index in [9.17, 15) is 137 Å². The summed E-state index contributed by atoms with van der Waals surface area (Å²) in [5.74, 6) is -81.3. The standard InChI is InChI=1S/C24H20F26O9S.Na/c25-13(26,15(29,30)17(33,34)19(37,38)21(41,42)23(45,46)47)1-3-56-5-7-58-11(51)9-10(60(53,54)55)12(52)59-8-6-57-4-2-14(27,28)16(31,32)18(35,36)20(39,40)22(43,44)24(48,49)50;/h10H,1-9H2,(H,53,54,55);/q;+1/p-1. The van der Waals surface area contributed by atoms with Crippen molar-refractivity contribution in [3.63, 3.8) is 0 Å². The average Bonchev–Trinajstić information content (AvgIpc) is 3.04. The van der Waals surface area contributed by atoms with Crippen molar-refractivity contribution in [2.45, 2.75) is 96.1 Å². The molecule has 1 atom stereocenters. The molecule has 1 unspecified atom stereocenters. The quantitative estimate of drug-likeness (QED) is 0.0446. The summed E-state index contributed by atoms with van der Waals surface area (Å²) >= 11 is 0. The Morgan fingerprint density at radius 3 is 0.984 bits per heavy atom. The van der Waals surface area contributed by atoms with Gasteiger partial charge in [0.2, 0.25) is 0 Å². The van der Waals surface area contributed by atoms with E-state index in [1.807, 2.05) is 0 Å². The summed E-state index contributed by atoms with van der Waals surface area (Å²) in [6.07, 6.45) is -22.9. The third-order valence-electron chi connectivity index (χ3n) is 7.04. The normalized spacial score (nSPS) is 15.6. The maximum absolute atomic E-state index is 13.7. The molecule has 0 heterocycles. The van der Waals surface area contributed by atoms with Crippen molar-refractivity contribution in [1.29, 1.82) is 0 Å². The van der Waals surface area contributed by atoms with Gasteiger partial charge in [-0.1, -0.05) is 0 Å². The molecular weight excluding hydrogens is 981 g/mol. The molecular formula is C24H19F26NaO9S. The second-order valence-corrected chi connectivity index (χ2v) is 12.9. The van der Waals surface area contributed by atoms with Crippen molar-refractivity contribution in [3.8, 4) is 0 Å². The molecule has 0 saturated heterocycles. The Labute approximate surface area is 342 Å². The van der Waals surface area contributed by atoms with Crippen molar-refractivity contribution >= 4 is 22.1 Å². The minimum atomic E-state index is -8.19.